The van der Waals surface area contributed by atoms with Crippen LogP contribution in [-0.4, -0.2) is 42.0 Å². The second-order valence-corrected chi connectivity index (χ2v) is 7.82. The van der Waals surface area contributed by atoms with Gasteiger partial charge in [0, 0.05) is 18.3 Å². The second kappa shape index (κ2) is 5.72. The molecule has 1 saturated heterocycles. The van der Waals surface area contributed by atoms with Gasteiger partial charge in [-0.2, -0.15) is 11.8 Å². The second-order valence-electron chi connectivity index (χ2n) is 3.41. The summed E-state index contributed by atoms with van der Waals surface area (Å²) in [5.41, 5.74) is 0. The molecule has 1 rings (SSSR count). The molecule has 0 spiro atoms. The van der Waals surface area contributed by atoms with Crippen LogP contribution < -0.4 is 0 Å². The van der Waals surface area contributed by atoms with Crippen LogP contribution in [-0.2, 0) is 10.0 Å². The Bertz CT molecular complexity index is 269. The van der Waals surface area contributed by atoms with Crippen LogP contribution in [0.4, 0.5) is 0 Å². The molecular formula is C8H16BrNO2S2. The largest absolute Gasteiger partial charge is 0.224 e. The summed E-state index contributed by atoms with van der Waals surface area (Å²) >= 11 is 4.88. The number of sulfonamides is 1. The van der Waals surface area contributed by atoms with Gasteiger partial charge in [-0.3, -0.25) is 0 Å². The van der Waals surface area contributed by atoms with Crippen molar-refractivity contribution in [3.8, 4) is 0 Å². The Labute approximate surface area is 98.8 Å². The minimum absolute atomic E-state index is 0.0456. The Morgan fingerprint density at radius 1 is 1.43 bits per heavy atom. The van der Waals surface area contributed by atoms with E-state index in [-0.39, 0.29) is 4.66 Å². The van der Waals surface area contributed by atoms with Gasteiger partial charge in [-0.25, -0.2) is 12.7 Å². The number of rotatable bonds is 3. The van der Waals surface area contributed by atoms with E-state index in [0.717, 1.165) is 19.3 Å². The normalized spacial score (nSPS) is 26.0. The van der Waals surface area contributed by atoms with Crippen molar-refractivity contribution in [1.82, 2.24) is 4.31 Å². The van der Waals surface area contributed by atoms with Crippen molar-refractivity contribution in [1.29, 1.82) is 0 Å². The van der Waals surface area contributed by atoms with E-state index in [0.29, 0.717) is 18.3 Å². The summed E-state index contributed by atoms with van der Waals surface area (Å²) in [4.78, 5) is 0. The average molecular weight is 302 g/mol. The lowest BCUT2D eigenvalue weighted by atomic mass is 10.2. The molecule has 1 atom stereocenters. The Kier molecular flexibility index (Phi) is 5.24. The summed E-state index contributed by atoms with van der Waals surface area (Å²) in [6.07, 6.45) is 5.19. The maximum absolute atomic E-state index is 11.6. The van der Waals surface area contributed by atoms with Crippen molar-refractivity contribution in [2.45, 2.75) is 24.5 Å². The molecule has 1 fully saturated rings. The molecule has 0 bridgehead atoms. The fourth-order valence-corrected chi connectivity index (χ4v) is 4.16. The number of alkyl halides is 1. The molecule has 0 radical (unpaired) electrons. The first kappa shape index (κ1) is 12.8. The molecule has 1 unspecified atom stereocenters. The fourth-order valence-electron chi connectivity index (χ4n) is 1.62. The van der Waals surface area contributed by atoms with E-state index in [9.17, 15) is 8.42 Å². The Balaban J connectivity index is 2.58. The monoisotopic (exact) mass is 301 g/mol. The standard InChI is InChI=1S/C8H16BrNO2S2/c1-13-8-3-2-5-10(6-4-8)14(11,12)7-9/h8H,2-7H2,1H3. The molecular weight excluding hydrogens is 286 g/mol. The molecule has 0 saturated carbocycles. The molecule has 0 aliphatic carbocycles. The summed E-state index contributed by atoms with van der Waals surface area (Å²) in [7, 11) is -3.04. The molecule has 14 heavy (non-hydrogen) atoms. The maximum Gasteiger partial charge on any atom is 0.224 e. The molecule has 3 nitrogen and oxygen atoms in total. The number of halogens is 1. The van der Waals surface area contributed by atoms with Gasteiger partial charge in [0.05, 0.1) is 0 Å². The third kappa shape index (κ3) is 3.40. The molecule has 0 aromatic heterocycles. The van der Waals surface area contributed by atoms with E-state index in [1.807, 2.05) is 11.8 Å². The summed E-state index contributed by atoms with van der Waals surface area (Å²) in [6, 6.07) is 0. The van der Waals surface area contributed by atoms with Crippen LogP contribution >= 0.6 is 27.7 Å². The fraction of sp³-hybridized carbons (Fsp3) is 1.00. The first-order valence-electron chi connectivity index (χ1n) is 4.66. The van der Waals surface area contributed by atoms with Gasteiger partial charge >= 0.3 is 0 Å². The van der Waals surface area contributed by atoms with Gasteiger partial charge in [0.15, 0.2) is 0 Å². The van der Waals surface area contributed by atoms with Gasteiger partial charge in [0.2, 0.25) is 10.0 Å². The first-order chi connectivity index (χ1) is 6.60. The number of nitrogens with zero attached hydrogens (tertiary/aromatic N) is 1. The van der Waals surface area contributed by atoms with Crippen molar-refractivity contribution in [3.63, 3.8) is 0 Å². The molecule has 1 heterocycles. The lowest BCUT2D eigenvalue weighted by molar-refractivity contribution is 0.427. The number of hydrogen-bond acceptors (Lipinski definition) is 3. The van der Waals surface area contributed by atoms with Crippen molar-refractivity contribution in [2.75, 3.05) is 24.0 Å². The minimum Gasteiger partial charge on any atom is -0.211 e. The van der Waals surface area contributed by atoms with Gasteiger partial charge < -0.3 is 0 Å². The van der Waals surface area contributed by atoms with E-state index in [4.69, 9.17) is 0 Å². The van der Waals surface area contributed by atoms with Gasteiger partial charge in [-0.1, -0.05) is 15.9 Å². The Morgan fingerprint density at radius 3 is 2.71 bits per heavy atom. The molecule has 6 heteroatoms. The van der Waals surface area contributed by atoms with E-state index in [2.05, 4.69) is 22.2 Å². The zero-order valence-electron chi connectivity index (χ0n) is 8.28. The van der Waals surface area contributed by atoms with Gasteiger partial charge in [0.25, 0.3) is 0 Å². The summed E-state index contributed by atoms with van der Waals surface area (Å²) in [6.45, 7) is 1.37. The van der Waals surface area contributed by atoms with Gasteiger partial charge in [-0.05, 0) is 25.5 Å². The van der Waals surface area contributed by atoms with Crippen LogP contribution in [0.25, 0.3) is 0 Å². The lowest BCUT2D eigenvalue weighted by Gasteiger charge is -2.18. The lowest BCUT2D eigenvalue weighted by Crippen LogP contribution is -2.32. The highest BCUT2D eigenvalue weighted by atomic mass is 79.9. The highest BCUT2D eigenvalue weighted by Crippen LogP contribution is 2.22. The van der Waals surface area contributed by atoms with Crippen molar-refractivity contribution < 1.29 is 8.42 Å². The number of thioether (sulfide) groups is 1. The quantitative estimate of drug-likeness (QED) is 0.747. The topological polar surface area (TPSA) is 37.4 Å². The zero-order valence-corrected chi connectivity index (χ0v) is 11.5. The molecule has 84 valence electrons. The third-order valence-corrected chi connectivity index (χ3v) is 6.80. The third-order valence-electron chi connectivity index (χ3n) is 2.50. The molecule has 0 aromatic rings. The number of hydrogen-bond donors (Lipinski definition) is 0. The summed E-state index contributed by atoms with van der Waals surface area (Å²) in [5.74, 6) is 0. The van der Waals surface area contributed by atoms with Crippen LogP contribution in [0.1, 0.15) is 19.3 Å². The van der Waals surface area contributed by atoms with Crippen molar-refractivity contribution >= 4 is 37.7 Å². The van der Waals surface area contributed by atoms with Crippen LogP contribution in [0.5, 0.6) is 0 Å². The highest BCUT2D eigenvalue weighted by molar-refractivity contribution is 9.10. The minimum atomic E-state index is -3.04. The molecule has 0 amide bonds. The van der Waals surface area contributed by atoms with Crippen LogP contribution in [0.3, 0.4) is 0 Å². The summed E-state index contributed by atoms with van der Waals surface area (Å²) in [5, 5.41) is 0.630. The smallest absolute Gasteiger partial charge is 0.211 e. The van der Waals surface area contributed by atoms with Crippen LogP contribution in [0, 0.1) is 0 Å². The van der Waals surface area contributed by atoms with E-state index in [1.54, 1.807) is 4.31 Å². The van der Waals surface area contributed by atoms with Crippen molar-refractivity contribution in [2.24, 2.45) is 0 Å². The Hall–Kier alpha value is 0.740. The maximum atomic E-state index is 11.6. The van der Waals surface area contributed by atoms with E-state index in [1.165, 1.54) is 0 Å². The first-order valence-corrected chi connectivity index (χ1v) is 8.68. The van der Waals surface area contributed by atoms with E-state index < -0.39 is 10.0 Å². The summed E-state index contributed by atoms with van der Waals surface area (Å²) < 4.78 is 24.8. The highest BCUT2D eigenvalue weighted by Gasteiger charge is 2.24. The van der Waals surface area contributed by atoms with E-state index >= 15 is 0 Å². The molecule has 1 aliphatic heterocycles. The Morgan fingerprint density at radius 2 is 2.14 bits per heavy atom. The predicted molar refractivity (Wildman–Crippen MR) is 65.4 cm³/mol. The van der Waals surface area contributed by atoms with Gasteiger partial charge in [0.1, 0.15) is 4.66 Å². The van der Waals surface area contributed by atoms with Gasteiger partial charge in [-0.15, -0.1) is 0 Å². The van der Waals surface area contributed by atoms with Crippen molar-refractivity contribution in [3.05, 3.63) is 0 Å². The van der Waals surface area contributed by atoms with Crippen LogP contribution in [0.2, 0.25) is 0 Å². The molecule has 0 N–H and O–H groups in total. The predicted octanol–water partition coefficient (Wildman–Crippen LogP) is 1.89. The SMILES string of the molecule is CSC1CCCN(S(=O)(=O)CBr)CC1. The average Bonchev–Trinajstić information content (AvgIpc) is 2.42. The van der Waals surface area contributed by atoms with Crippen LogP contribution in [0.15, 0.2) is 0 Å². The molecule has 1 aliphatic rings. The molecule has 0 aromatic carbocycles. The zero-order chi connectivity index (χ0) is 10.6.